The molecule has 4 nitrogen and oxygen atoms in total. The first-order chi connectivity index (χ1) is 9.78. The van der Waals surface area contributed by atoms with Crippen LogP contribution >= 0.6 is 0 Å². The topological polar surface area (TPSA) is 64.3 Å². The maximum absolute atomic E-state index is 11.8. The summed E-state index contributed by atoms with van der Waals surface area (Å²) in [5, 5.41) is 3.04. The average Bonchev–Trinajstić information content (AvgIpc) is 2.47. The molecule has 0 atom stereocenters. The highest BCUT2D eigenvalue weighted by Crippen LogP contribution is 2.17. The zero-order valence-electron chi connectivity index (χ0n) is 11.9. The van der Waals surface area contributed by atoms with E-state index in [0.717, 1.165) is 30.6 Å². The Morgan fingerprint density at radius 1 is 1.30 bits per heavy atom. The highest BCUT2D eigenvalue weighted by Gasteiger charge is 2.15. The van der Waals surface area contributed by atoms with Gasteiger partial charge in [-0.05, 0) is 43.5 Å². The molecule has 0 spiro atoms. The molecule has 1 aromatic carbocycles. The number of amides is 1. The first-order valence-electron chi connectivity index (χ1n) is 7.49. The van der Waals surface area contributed by atoms with Gasteiger partial charge in [0.05, 0.1) is 0 Å². The normalized spacial score (nSPS) is 15.8. The van der Waals surface area contributed by atoms with Gasteiger partial charge in [-0.3, -0.25) is 4.79 Å². The van der Waals surface area contributed by atoms with E-state index < -0.39 is 0 Å². The predicted octanol–water partition coefficient (Wildman–Crippen LogP) is 2.02. The van der Waals surface area contributed by atoms with Gasteiger partial charge in [-0.2, -0.15) is 0 Å². The fourth-order valence-electron chi connectivity index (χ4n) is 2.62. The van der Waals surface area contributed by atoms with Crippen molar-refractivity contribution in [1.82, 2.24) is 5.32 Å². The lowest BCUT2D eigenvalue weighted by atomic mass is 9.95. The number of hydrogen-bond donors (Lipinski definition) is 2. The van der Waals surface area contributed by atoms with Gasteiger partial charge in [-0.25, -0.2) is 0 Å². The second kappa shape index (κ2) is 7.90. The summed E-state index contributed by atoms with van der Waals surface area (Å²) in [4.78, 5) is 11.8. The number of nitrogens with two attached hydrogens (primary N) is 1. The fourth-order valence-corrected chi connectivity index (χ4v) is 2.62. The van der Waals surface area contributed by atoms with Crippen molar-refractivity contribution in [2.45, 2.75) is 44.6 Å². The Morgan fingerprint density at radius 2 is 2.10 bits per heavy atom. The Bertz CT molecular complexity index is 428. The van der Waals surface area contributed by atoms with Crippen molar-refractivity contribution < 1.29 is 9.53 Å². The fraction of sp³-hybridized carbons (Fsp3) is 0.562. The van der Waals surface area contributed by atoms with E-state index in [1.165, 1.54) is 19.3 Å². The van der Waals surface area contributed by atoms with Crippen molar-refractivity contribution in [2.24, 2.45) is 5.73 Å². The van der Waals surface area contributed by atoms with Crippen molar-refractivity contribution in [2.75, 3.05) is 13.2 Å². The lowest BCUT2D eigenvalue weighted by Crippen LogP contribution is -2.38. The van der Waals surface area contributed by atoms with E-state index in [0.29, 0.717) is 12.6 Å². The van der Waals surface area contributed by atoms with Crippen LogP contribution in [-0.2, 0) is 11.2 Å². The van der Waals surface area contributed by atoms with Crippen molar-refractivity contribution >= 4 is 5.91 Å². The number of nitrogens with one attached hydrogen (secondary N) is 1. The van der Waals surface area contributed by atoms with Crippen molar-refractivity contribution in [3.05, 3.63) is 29.8 Å². The summed E-state index contributed by atoms with van der Waals surface area (Å²) in [5.41, 5.74) is 6.67. The zero-order valence-corrected chi connectivity index (χ0v) is 11.9. The summed E-state index contributed by atoms with van der Waals surface area (Å²) in [5.74, 6) is 0.705. The molecule has 110 valence electrons. The molecule has 1 aliphatic rings. The van der Waals surface area contributed by atoms with Gasteiger partial charge in [0.2, 0.25) is 0 Å². The lowest BCUT2D eigenvalue weighted by Gasteiger charge is -2.22. The zero-order chi connectivity index (χ0) is 14.2. The van der Waals surface area contributed by atoms with E-state index in [-0.39, 0.29) is 12.5 Å². The first-order valence-corrected chi connectivity index (χ1v) is 7.49. The monoisotopic (exact) mass is 276 g/mol. The number of carbonyl (C=O) groups is 1. The van der Waals surface area contributed by atoms with Crippen LogP contribution < -0.4 is 15.8 Å². The van der Waals surface area contributed by atoms with Crippen molar-refractivity contribution in [3.8, 4) is 5.75 Å². The van der Waals surface area contributed by atoms with Crippen LogP contribution in [0.4, 0.5) is 0 Å². The Morgan fingerprint density at radius 3 is 2.85 bits per heavy atom. The summed E-state index contributed by atoms with van der Waals surface area (Å²) in [6.45, 7) is 0.703. The summed E-state index contributed by atoms with van der Waals surface area (Å²) in [6.07, 6.45) is 6.73. The molecule has 2 rings (SSSR count). The van der Waals surface area contributed by atoms with Crippen LogP contribution in [0.5, 0.6) is 5.75 Å². The van der Waals surface area contributed by atoms with Gasteiger partial charge >= 0.3 is 0 Å². The Balaban J connectivity index is 1.76. The maximum atomic E-state index is 11.8. The second-order valence-corrected chi connectivity index (χ2v) is 5.38. The number of hydrogen-bond acceptors (Lipinski definition) is 3. The van der Waals surface area contributed by atoms with Crippen molar-refractivity contribution in [1.29, 1.82) is 0 Å². The minimum atomic E-state index is -0.0267. The molecule has 4 heteroatoms. The third-order valence-corrected chi connectivity index (χ3v) is 3.67. The van der Waals surface area contributed by atoms with Crippen LogP contribution in [0.1, 0.15) is 37.7 Å². The molecule has 0 heterocycles. The molecular weight excluding hydrogens is 252 g/mol. The highest BCUT2D eigenvalue weighted by molar-refractivity contribution is 5.77. The first kappa shape index (κ1) is 14.9. The predicted molar refractivity (Wildman–Crippen MR) is 79.7 cm³/mol. The minimum absolute atomic E-state index is 0.0267. The van der Waals surface area contributed by atoms with Gasteiger partial charge in [-0.1, -0.05) is 31.4 Å². The molecule has 1 amide bonds. The van der Waals surface area contributed by atoms with Crippen LogP contribution in [0, 0.1) is 0 Å². The molecule has 1 fully saturated rings. The van der Waals surface area contributed by atoms with Gasteiger partial charge < -0.3 is 15.8 Å². The molecule has 0 bridgehead atoms. The molecule has 0 saturated heterocycles. The van der Waals surface area contributed by atoms with E-state index in [2.05, 4.69) is 5.32 Å². The lowest BCUT2D eigenvalue weighted by molar-refractivity contribution is -0.124. The molecule has 1 aliphatic carbocycles. The van der Waals surface area contributed by atoms with Crippen LogP contribution in [-0.4, -0.2) is 25.1 Å². The number of rotatable bonds is 6. The Hall–Kier alpha value is -1.55. The Labute approximate surface area is 120 Å². The second-order valence-electron chi connectivity index (χ2n) is 5.38. The standard InChI is InChI=1S/C16H24N2O2/c17-10-9-13-5-4-8-15(11-13)20-12-16(19)18-14-6-2-1-3-7-14/h4-5,8,11,14H,1-3,6-7,9-10,12,17H2,(H,18,19). The molecule has 0 aromatic heterocycles. The summed E-state index contributed by atoms with van der Waals surface area (Å²) < 4.78 is 5.54. The van der Waals surface area contributed by atoms with Gasteiger partial charge in [0.25, 0.3) is 5.91 Å². The van der Waals surface area contributed by atoms with E-state index in [9.17, 15) is 4.79 Å². The van der Waals surface area contributed by atoms with Gasteiger partial charge in [0, 0.05) is 6.04 Å². The summed E-state index contributed by atoms with van der Waals surface area (Å²) in [7, 11) is 0. The van der Waals surface area contributed by atoms with Crippen LogP contribution in [0.2, 0.25) is 0 Å². The van der Waals surface area contributed by atoms with E-state index in [1.807, 2.05) is 24.3 Å². The molecule has 0 unspecified atom stereocenters. The quantitative estimate of drug-likeness (QED) is 0.835. The molecule has 1 aromatic rings. The number of ether oxygens (including phenoxy) is 1. The van der Waals surface area contributed by atoms with Gasteiger partial charge in [0.1, 0.15) is 5.75 Å². The molecule has 3 N–H and O–H groups in total. The third-order valence-electron chi connectivity index (χ3n) is 3.67. The molecule has 1 saturated carbocycles. The summed E-state index contributed by atoms with van der Waals surface area (Å²) >= 11 is 0. The third kappa shape index (κ3) is 4.85. The van der Waals surface area contributed by atoms with E-state index in [1.54, 1.807) is 0 Å². The van der Waals surface area contributed by atoms with Crippen molar-refractivity contribution in [3.63, 3.8) is 0 Å². The smallest absolute Gasteiger partial charge is 0.258 e. The summed E-state index contributed by atoms with van der Waals surface area (Å²) in [6, 6.07) is 8.10. The highest BCUT2D eigenvalue weighted by atomic mass is 16.5. The van der Waals surface area contributed by atoms with Crippen LogP contribution in [0.15, 0.2) is 24.3 Å². The largest absolute Gasteiger partial charge is 0.484 e. The molecule has 0 radical (unpaired) electrons. The SMILES string of the molecule is NCCc1cccc(OCC(=O)NC2CCCCC2)c1. The number of benzene rings is 1. The van der Waals surface area contributed by atoms with E-state index in [4.69, 9.17) is 10.5 Å². The molecular formula is C16H24N2O2. The van der Waals surface area contributed by atoms with Gasteiger partial charge in [0.15, 0.2) is 6.61 Å². The maximum Gasteiger partial charge on any atom is 0.258 e. The molecule has 0 aliphatic heterocycles. The molecule has 20 heavy (non-hydrogen) atoms. The van der Waals surface area contributed by atoms with Crippen LogP contribution in [0.25, 0.3) is 0 Å². The minimum Gasteiger partial charge on any atom is -0.484 e. The Kier molecular flexibility index (Phi) is 5.87. The van der Waals surface area contributed by atoms with E-state index >= 15 is 0 Å². The average molecular weight is 276 g/mol. The van der Waals surface area contributed by atoms with Gasteiger partial charge in [-0.15, -0.1) is 0 Å². The number of carbonyl (C=O) groups excluding carboxylic acids is 1. The van der Waals surface area contributed by atoms with Crippen LogP contribution in [0.3, 0.4) is 0 Å².